The largest absolute Gasteiger partial charge is 0.311 e. The lowest BCUT2D eigenvalue weighted by Gasteiger charge is -2.40. The van der Waals surface area contributed by atoms with Crippen molar-refractivity contribution in [2.45, 2.75) is 0 Å². The van der Waals surface area contributed by atoms with Crippen LogP contribution in [-0.2, 0) is 0 Å². The third-order valence-electron chi connectivity index (χ3n) is 10.1. The van der Waals surface area contributed by atoms with Crippen LogP contribution in [0.2, 0.25) is 0 Å². The highest BCUT2D eigenvalue weighted by atomic mass is 15.2. The molecule has 212 valence electrons. The summed E-state index contributed by atoms with van der Waals surface area (Å²) in [7, 11) is 0. The Kier molecular flexibility index (Phi) is 4.63. The molecule has 0 amide bonds. The average molecular weight is 584 g/mol. The number of fused-ring (bicyclic) bond motifs is 11. The summed E-state index contributed by atoms with van der Waals surface area (Å²) in [6.45, 7) is 0.0861. The average Bonchev–Trinajstić information content (AvgIpc) is 3.64. The molecule has 0 radical (unpaired) electrons. The van der Waals surface area contributed by atoms with Crippen LogP contribution in [0.25, 0.3) is 55.1 Å². The Morgan fingerprint density at radius 1 is 0.478 bits per heavy atom. The number of benzene rings is 6. The summed E-state index contributed by atoms with van der Waals surface area (Å²) in [5.74, 6) is 0.931. The fraction of sp³-hybridized carbons (Fsp3) is 0. The van der Waals surface area contributed by atoms with Gasteiger partial charge in [0.1, 0.15) is 5.82 Å². The molecule has 2 aliphatic heterocycles. The molecule has 11 rings (SSSR count). The summed E-state index contributed by atoms with van der Waals surface area (Å²) in [5, 5.41) is 5.04. The van der Waals surface area contributed by atoms with E-state index in [1.54, 1.807) is 0 Å². The quantitative estimate of drug-likeness (QED) is 0.193. The van der Waals surface area contributed by atoms with Gasteiger partial charge in [-0.3, -0.25) is 4.57 Å². The molecule has 0 bridgehead atoms. The van der Waals surface area contributed by atoms with Gasteiger partial charge in [0.05, 0.1) is 22.1 Å². The van der Waals surface area contributed by atoms with Gasteiger partial charge in [0, 0.05) is 50.5 Å². The van der Waals surface area contributed by atoms with Gasteiger partial charge in [-0.1, -0.05) is 91.0 Å². The van der Waals surface area contributed by atoms with Crippen LogP contribution in [0.1, 0.15) is 0 Å². The molecule has 46 heavy (non-hydrogen) atoms. The minimum Gasteiger partial charge on any atom is -0.311 e. The maximum absolute atomic E-state index is 4.88. The smallest absolute Gasteiger partial charge is 0.252 e. The highest BCUT2D eigenvalue weighted by Gasteiger charge is 2.42. The Balaban J connectivity index is 1.38. The van der Waals surface area contributed by atoms with Crippen LogP contribution in [0.3, 0.4) is 0 Å². The highest BCUT2D eigenvalue weighted by molar-refractivity contribution is 7.00. The second-order valence-corrected chi connectivity index (χ2v) is 12.4. The highest BCUT2D eigenvalue weighted by Crippen LogP contribution is 2.44. The Bertz CT molecular complexity index is 2710. The maximum atomic E-state index is 4.88. The van der Waals surface area contributed by atoms with Gasteiger partial charge >= 0.3 is 0 Å². The second-order valence-electron chi connectivity index (χ2n) is 12.4. The predicted molar refractivity (Wildman–Crippen MR) is 192 cm³/mol. The van der Waals surface area contributed by atoms with E-state index in [0.29, 0.717) is 0 Å². The number of nitrogens with zero attached hydrogens (tertiary/aromatic N) is 4. The molecule has 3 aromatic heterocycles. The normalized spacial score (nSPS) is 13.1. The zero-order valence-electron chi connectivity index (χ0n) is 24.8. The summed E-state index contributed by atoms with van der Waals surface area (Å²) < 4.78 is 4.91. The van der Waals surface area contributed by atoms with Crippen LogP contribution in [0.4, 0.5) is 17.1 Å². The summed E-state index contributed by atoms with van der Waals surface area (Å²) in [4.78, 5) is 7.33. The molecule has 0 atom stereocenters. The molecule has 0 fully saturated rings. The van der Waals surface area contributed by atoms with E-state index in [1.807, 2.05) is 12.3 Å². The van der Waals surface area contributed by atoms with E-state index < -0.39 is 0 Å². The zero-order valence-corrected chi connectivity index (χ0v) is 24.8. The lowest BCUT2D eigenvalue weighted by molar-refractivity contribution is 1.08. The molecule has 2 aliphatic rings. The summed E-state index contributed by atoms with van der Waals surface area (Å²) >= 11 is 0. The molecule has 9 aromatic rings. The van der Waals surface area contributed by atoms with E-state index in [1.165, 1.54) is 82.7 Å². The fourth-order valence-corrected chi connectivity index (χ4v) is 8.45. The second kappa shape index (κ2) is 8.77. The number of hydrogen-bond acceptors (Lipinski definition) is 2. The number of anilines is 3. The Labute approximate surface area is 265 Å². The molecule has 6 aromatic carbocycles. The Morgan fingerprint density at radius 2 is 1.17 bits per heavy atom. The SMILES string of the molecule is c1ccc(N2c3ccccc3B3c4c2cccc4-n2c4ccccc4c4c2c3cc2c3ccccc3n(-c3ccccn3)c24)cc1. The van der Waals surface area contributed by atoms with Crippen LogP contribution >= 0.6 is 0 Å². The first-order chi connectivity index (χ1) is 22.9. The maximum Gasteiger partial charge on any atom is 0.252 e. The van der Waals surface area contributed by atoms with Crippen molar-refractivity contribution in [3.05, 3.63) is 152 Å². The van der Waals surface area contributed by atoms with Crippen molar-refractivity contribution in [1.82, 2.24) is 14.1 Å². The van der Waals surface area contributed by atoms with Crippen molar-refractivity contribution in [3.8, 4) is 11.5 Å². The standard InChI is InChI=1S/C41H25BN4/c1-2-13-26(14-3-1)44-34-20-9-6-17-30(34)42-31-25-29-27-15-4-7-18-32(27)46(37-23-10-11-24-43-37)40(29)38-28-16-5-8-19-33(28)45(41(31)38)36-22-12-21-35(44)39(36)42/h1-25H. The molecule has 0 saturated carbocycles. The molecule has 4 nitrogen and oxygen atoms in total. The minimum atomic E-state index is 0.0861. The van der Waals surface area contributed by atoms with E-state index in [0.717, 1.165) is 5.82 Å². The molecular formula is C41H25BN4. The van der Waals surface area contributed by atoms with Crippen molar-refractivity contribution < 1.29 is 0 Å². The Hall–Kier alpha value is -6.07. The van der Waals surface area contributed by atoms with Gasteiger partial charge in [-0.25, -0.2) is 4.98 Å². The van der Waals surface area contributed by atoms with Crippen molar-refractivity contribution in [2.75, 3.05) is 4.90 Å². The van der Waals surface area contributed by atoms with E-state index in [2.05, 4.69) is 154 Å². The first-order valence-electron chi connectivity index (χ1n) is 15.9. The van der Waals surface area contributed by atoms with E-state index in [9.17, 15) is 0 Å². The molecule has 0 saturated heterocycles. The lowest BCUT2D eigenvalue weighted by atomic mass is 9.33. The van der Waals surface area contributed by atoms with Crippen LogP contribution in [0.15, 0.2) is 152 Å². The molecule has 0 N–H and O–H groups in total. The van der Waals surface area contributed by atoms with Crippen LogP contribution in [-0.4, -0.2) is 20.8 Å². The zero-order chi connectivity index (χ0) is 29.9. The summed E-state index contributed by atoms with van der Waals surface area (Å²) in [6.07, 6.45) is 1.89. The molecule has 0 spiro atoms. The molecule has 0 unspecified atom stereocenters. The number of para-hydroxylation sites is 4. The Morgan fingerprint density at radius 3 is 2.02 bits per heavy atom. The minimum absolute atomic E-state index is 0.0861. The third kappa shape index (κ3) is 2.93. The van der Waals surface area contributed by atoms with Gasteiger partial charge in [0.15, 0.2) is 0 Å². The van der Waals surface area contributed by atoms with Crippen molar-refractivity contribution in [3.63, 3.8) is 0 Å². The third-order valence-corrected chi connectivity index (χ3v) is 10.1. The van der Waals surface area contributed by atoms with Crippen molar-refractivity contribution in [2.24, 2.45) is 0 Å². The van der Waals surface area contributed by atoms with Gasteiger partial charge in [-0.2, -0.15) is 0 Å². The predicted octanol–water partition coefficient (Wildman–Crippen LogP) is 7.89. The molecule has 0 aliphatic carbocycles. The van der Waals surface area contributed by atoms with Gasteiger partial charge < -0.3 is 9.47 Å². The molecular weight excluding hydrogens is 559 g/mol. The van der Waals surface area contributed by atoms with Crippen molar-refractivity contribution >= 4 is 83.8 Å². The van der Waals surface area contributed by atoms with Crippen LogP contribution in [0.5, 0.6) is 0 Å². The van der Waals surface area contributed by atoms with Crippen LogP contribution < -0.4 is 21.3 Å². The van der Waals surface area contributed by atoms with E-state index >= 15 is 0 Å². The molecule has 5 heteroatoms. The number of hydrogen-bond donors (Lipinski definition) is 0. The number of pyridine rings is 1. The van der Waals surface area contributed by atoms with Gasteiger partial charge in [-0.15, -0.1) is 0 Å². The van der Waals surface area contributed by atoms with Gasteiger partial charge in [-0.05, 0) is 71.0 Å². The van der Waals surface area contributed by atoms with E-state index in [4.69, 9.17) is 4.98 Å². The van der Waals surface area contributed by atoms with Crippen molar-refractivity contribution in [1.29, 1.82) is 0 Å². The topological polar surface area (TPSA) is 26.0 Å². The number of aromatic nitrogens is 3. The lowest BCUT2D eigenvalue weighted by Crippen LogP contribution is -2.60. The fourth-order valence-electron chi connectivity index (χ4n) is 8.45. The molecule has 5 heterocycles. The first-order valence-corrected chi connectivity index (χ1v) is 15.9. The van der Waals surface area contributed by atoms with Crippen LogP contribution in [0, 0.1) is 0 Å². The van der Waals surface area contributed by atoms with E-state index in [-0.39, 0.29) is 6.71 Å². The van der Waals surface area contributed by atoms with Gasteiger partial charge in [0.25, 0.3) is 6.71 Å². The first kappa shape index (κ1) is 24.3. The summed E-state index contributed by atoms with van der Waals surface area (Å²) in [6, 6.07) is 53.0. The summed E-state index contributed by atoms with van der Waals surface area (Å²) in [5.41, 5.74) is 13.8. The van der Waals surface area contributed by atoms with Gasteiger partial charge in [0.2, 0.25) is 0 Å². The number of rotatable bonds is 2. The monoisotopic (exact) mass is 584 g/mol.